The molecular weight excluding hydrogens is 182 g/mol. The highest BCUT2D eigenvalue weighted by molar-refractivity contribution is 5.68. The normalized spacial score (nSPS) is 15.1. The monoisotopic (exact) mass is 197 g/mol. The lowest BCUT2D eigenvalue weighted by Crippen LogP contribution is -2.35. The van der Waals surface area contributed by atoms with Crippen LogP contribution in [0.5, 0.6) is 0 Å². The Morgan fingerprint density at radius 2 is 2.43 bits per heavy atom. The zero-order chi connectivity index (χ0) is 10.8. The topological polar surface area (TPSA) is 81.1 Å². The van der Waals surface area contributed by atoms with Gasteiger partial charge in [-0.1, -0.05) is 0 Å². The number of hydrogen-bond donors (Lipinski definition) is 2. The van der Waals surface area contributed by atoms with Crippen molar-refractivity contribution in [2.45, 2.75) is 32.4 Å². The standard InChI is InChI=1S/C9H15N3O2/c1-3-12-6-7(5-11-12)9(2,10)4-8(13)14/h5-6H,3-4,10H2,1-2H3,(H,13,14)/t9-/m0/s1. The van der Waals surface area contributed by atoms with E-state index in [-0.39, 0.29) is 6.42 Å². The number of rotatable bonds is 4. The Balaban J connectivity index is 2.85. The maximum atomic E-state index is 10.6. The van der Waals surface area contributed by atoms with Gasteiger partial charge in [-0.3, -0.25) is 9.48 Å². The van der Waals surface area contributed by atoms with Crippen molar-refractivity contribution in [1.29, 1.82) is 0 Å². The van der Waals surface area contributed by atoms with E-state index in [1.165, 1.54) is 0 Å². The molecule has 1 aromatic heterocycles. The molecule has 0 aliphatic carbocycles. The van der Waals surface area contributed by atoms with Gasteiger partial charge in [0.1, 0.15) is 0 Å². The van der Waals surface area contributed by atoms with Crippen molar-refractivity contribution < 1.29 is 9.90 Å². The van der Waals surface area contributed by atoms with Crippen LogP contribution in [0.2, 0.25) is 0 Å². The molecule has 0 unspecified atom stereocenters. The van der Waals surface area contributed by atoms with E-state index in [1.54, 1.807) is 24.0 Å². The third kappa shape index (κ3) is 2.32. The molecule has 0 saturated carbocycles. The fourth-order valence-corrected chi connectivity index (χ4v) is 1.25. The van der Waals surface area contributed by atoms with Crippen LogP contribution in [0.4, 0.5) is 0 Å². The Morgan fingerprint density at radius 3 is 2.86 bits per heavy atom. The Bertz CT molecular complexity index is 331. The van der Waals surface area contributed by atoms with E-state index in [9.17, 15) is 4.79 Å². The molecule has 0 radical (unpaired) electrons. The molecule has 1 heterocycles. The Morgan fingerprint density at radius 1 is 1.79 bits per heavy atom. The van der Waals surface area contributed by atoms with E-state index < -0.39 is 11.5 Å². The summed E-state index contributed by atoms with van der Waals surface area (Å²) in [6.07, 6.45) is 3.30. The molecule has 0 spiro atoms. The molecule has 1 aromatic rings. The number of nitrogens with zero attached hydrogens (tertiary/aromatic N) is 2. The molecule has 14 heavy (non-hydrogen) atoms. The van der Waals surface area contributed by atoms with Crippen LogP contribution in [0.1, 0.15) is 25.8 Å². The van der Waals surface area contributed by atoms with Crippen molar-refractivity contribution >= 4 is 5.97 Å². The minimum atomic E-state index is -0.903. The van der Waals surface area contributed by atoms with Gasteiger partial charge in [-0.25, -0.2) is 0 Å². The first-order valence-corrected chi connectivity index (χ1v) is 4.49. The van der Waals surface area contributed by atoms with Crippen molar-refractivity contribution in [2.24, 2.45) is 5.73 Å². The van der Waals surface area contributed by atoms with Crippen LogP contribution < -0.4 is 5.73 Å². The smallest absolute Gasteiger partial charge is 0.305 e. The summed E-state index contributed by atoms with van der Waals surface area (Å²) >= 11 is 0. The number of carboxylic acid groups (broad SMARTS) is 1. The lowest BCUT2D eigenvalue weighted by atomic mass is 9.93. The molecule has 0 aliphatic heterocycles. The van der Waals surface area contributed by atoms with Crippen molar-refractivity contribution in [3.05, 3.63) is 18.0 Å². The lowest BCUT2D eigenvalue weighted by Gasteiger charge is -2.20. The summed E-state index contributed by atoms with van der Waals surface area (Å²) in [6.45, 7) is 4.41. The first-order valence-electron chi connectivity index (χ1n) is 4.49. The van der Waals surface area contributed by atoms with Crippen LogP contribution in [0.15, 0.2) is 12.4 Å². The fraction of sp³-hybridized carbons (Fsp3) is 0.556. The Labute approximate surface area is 82.5 Å². The number of hydrogen-bond acceptors (Lipinski definition) is 3. The minimum Gasteiger partial charge on any atom is -0.481 e. The van der Waals surface area contributed by atoms with Gasteiger partial charge in [-0.15, -0.1) is 0 Å². The second kappa shape index (κ2) is 3.79. The van der Waals surface area contributed by atoms with Crippen molar-refractivity contribution in [3.8, 4) is 0 Å². The average molecular weight is 197 g/mol. The molecule has 0 saturated heterocycles. The zero-order valence-corrected chi connectivity index (χ0v) is 8.40. The predicted octanol–water partition coefficient (Wildman–Crippen LogP) is 0.552. The summed E-state index contributed by atoms with van der Waals surface area (Å²) in [6, 6.07) is 0. The number of aromatic nitrogens is 2. The van der Waals surface area contributed by atoms with E-state index in [0.717, 1.165) is 12.1 Å². The van der Waals surface area contributed by atoms with E-state index >= 15 is 0 Å². The van der Waals surface area contributed by atoms with Gasteiger partial charge in [0.05, 0.1) is 18.2 Å². The molecule has 5 nitrogen and oxygen atoms in total. The predicted molar refractivity (Wildman–Crippen MR) is 51.7 cm³/mol. The van der Waals surface area contributed by atoms with Crippen molar-refractivity contribution in [1.82, 2.24) is 9.78 Å². The number of aliphatic carboxylic acids is 1. The summed E-state index contributed by atoms with van der Waals surface area (Å²) in [5.74, 6) is -0.903. The summed E-state index contributed by atoms with van der Waals surface area (Å²) in [7, 11) is 0. The zero-order valence-electron chi connectivity index (χ0n) is 8.40. The number of carboxylic acids is 1. The van der Waals surface area contributed by atoms with Crippen LogP contribution >= 0.6 is 0 Å². The number of carbonyl (C=O) groups is 1. The average Bonchev–Trinajstić information content (AvgIpc) is 2.49. The largest absolute Gasteiger partial charge is 0.481 e. The second-order valence-corrected chi connectivity index (χ2v) is 3.57. The molecule has 78 valence electrons. The van der Waals surface area contributed by atoms with Crippen molar-refractivity contribution in [3.63, 3.8) is 0 Å². The van der Waals surface area contributed by atoms with Gasteiger partial charge in [-0.05, 0) is 13.8 Å². The molecule has 0 aromatic carbocycles. The first kappa shape index (κ1) is 10.7. The highest BCUT2D eigenvalue weighted by Crippen LogP contribution is 2.20. The van der Waals surface area contributed by atoms with Gasteiger partial charge < -0.3 is 10.8 Å². The maximum absolute atomic E-state index is 10.6. The minimum absolute atomic E-state index is 0.0948. The van der Waals surface area contributed by atoms with Crippen LogP contribution in [-0.4, -0.2) is 20.9 Å². The summed E-state index contributed by atoms with van der Waals surface area (Å²) < 4.78 is 1.72. The maximum Gasteiger partial charge on any atom is 0.305 e. The summed E-state index contributed by atoms with van der Waals surface area (Å²) in [5, 5.41) is 12.7. The SMILES string of the molecule is CCn1cc([C@@](C)(N)CC(=O)O)cn1. The van der Waals surface area contributed by atoms with Gasteiger partial charge in [0.25, 0.3) is 0 Å². The van der Waals surface area contributed by atoms with Gasteiger partial charge in [0.2, 0.25) is 0 Å². The van der Waals surface area contributed by atoms with Gasteiger partial charge in [-0.2, -0.15) is 5.10 Å². The van der Waals surface area contributed by atoms with Gasteiger partial charge in [0, 0.05) is 18.3 Å². The molecule has 0 bridgehead atoms. The molecule has 0 amide bonds. The highest BCUT2D eigenvalue weighted by Gasteiger charge is 2.25. The molecule has 1 atom stereocenters. The Hall–Kier alpha value is -1.36. The molecule has 5 heteroatoms. The van der Waals surface area contributed by atoms with E-state index in [4.69, 9.17) is 10.8 Å². The number of nitrogens with two attached hydrogens (primary N) is 1. The molecule has 0 fully saturated rings. The highest BCUT2D eigenvalue weighted by atomic mass is 16.4. The fourth-order valence-electron chi connectivity index (χ4n) is 1.25. The molecule has 0 aliphatic rings. The Kier molecular flexibility index (Phi) is 2.90. The van der Waals surface area contributed by atoms with Crippen LogP contribution in [0.3, 0.4) is 0 Å². The first-order chi connectivity index (χ1) is 6.45. The van der Waals surface area contributed by atoms with Gasteiger partial charge >= 0.3 is 5.97 Å². The summed E-state index contributed by atoms with van der Waals surface area (Å²) in [4.78, 5) is 10.6. The van der Waals surface area contributed by atoms with E-state index in [1.807, 2.05) is 6.92 Å². The summed E-state index contributed by atoms with van der Waals surface area (Å²) in [5.41, 5.74) is 5.78. The van der Waals surface area contributed by atoms with Crippen LogP contribution in [-0.2, 0) is 16.9 Å². The quantitative estimate of drug-likeness (QED) is 0.738. The molecule has 1 rings (SSSR count). The van der Waals surface area contributed by atoms with Crippen LogP contribution in [0.25, 0.3) is 0 Å². The third-order valence-electron chi connectivity index (χ3n) is 2.14. The third-order valence-corrected chi connectivity index (χ3v) is 2.14. The second-order valence-electron chi connectivity index (χ2n) is 3.57. The lowest BCUT2D eigenvalue weighted by molar-refractivity contribution is -0.138. The van der Waals surface area contributed by atoms with Crippen LogP contribution in [0, 0.1) is 0 Å². The van der Waals surface area contributed by atoms with Crippen molar-refractivity contribution in [2.75, 3.05) is 0 Å². The van der Waals surface area contributed by atoms with Gasteiger partial charge in [0.15, 0.2) is 0 Å². The number of aryl methyl sites for hydroxylation is 1. The van der Waals surface area contributed by atoms with E-state index in [2.05, 4.69) is 5.10 Å². The molecule has 3 N–H and O–H groups in total. The van der Waals surface area contributed by atoms with E-state index in [0.29, 0.717) is 0 Å². The molecular formula is C9H15N3O2.